The molecule has 0 saturated heterocycles. The maximum absolute atomic E-state index is 5.78. The van der Waals surface area contributed by atoms with Crippen molar-refractivity contribution in [3.8, 4) is 23.0 Å². The summed E-state index contributed by atoms with van der Waals surface area (Å²) < 4.78 is 16.8. The van der Waals surface area contributed by atoms with E-state index in [1.807, 2.05) is 56.3 Å². The lowest BCUT2D eigenvalue weighted by Crippen LogP contribution is -2.01. The molecule has 5 nitrogen and oxygen atoms in total. The Bertz CT molecular complexity index is 848. The molecule has 3 aromatic rings. The minimum absolute atomic E-state index is 0.520. The third-order valence-electron chi connectivity index (χ3n) is 3.56. The Hall–Kier alpha value is -2.47. The minimum atomic E-state index is 0.520. The van der Waals surface area contributed by atoms with Crippen LogP contribution >= 0.6 is 11.8 Å². The number of hydrogen-bond acceptors (Lipinski definition) is 6. The van der Waals surface area contributed by atoms with Crippen molar-refractivity contribution in [3.05, 3.63) is 53.6 Å². The summed E-state index contributed by atoms with van der Waals surface area (Å²) in [6.45, 7) is 4.57. The lowest BCUT2D eigenvalue weighted by Gasteiger charge is -2.10. The molecule has 0 spiro atoms. The van der Waals surface area contributed by atoms with E-state index < -0.39 is 0 Å². The molecule has 0 aliphatic heterocycles. The van der Waals surface area contributed by atoms with Crippen molar-refractivity contribution in [2.75, 3.05) is 19.5 Å². The van der Waals surface area contributed by atoms with E-state index in [1.165, 1.54) is 11.8 Å². The van der Waals surface area contributed by atoms with Crippen molar-refractivity contribution in [2.45, 2.75) is 19.1 Å². The van der Waals surface area contributed by atoms with Gasteiger partial charge in [0.15, 0.2) is 11.5 Å². The summed E-state index contributed by atoms with van der Waals surface area (Å²) in [7, 11) is 1.64. The van der Waals surface area contributed by atoms with Crippen LogP contribution in [0.2, 0.25) is 0 Å². The summed E-state index contributed by atoms with van der Waals surface area (Å²) in [5.41, 5.74) is 3.22. The predicted molar refractivity (Wildman–Crippen MR) is 98.4 cm³/mol. The van der Waals surface area contributed by atoms with Gasteiger partial charge in [0.25, 0.3) is 5.22 Å². The van der Waals surface area contributed by atoms with Gasteiger partial charge in [-0.25, -0.2) is 0 Å². The number of rotatable bonds is 7. The number of aryl methyl sites for hydroxylation is 2. The number of hydrogen-bond donors (Lipinski definition) is 0. The van der Waals surface area contributed by atoms with E-state index in [0.29, 0.717) is 23.5 Å². The Morgan fingerprint density at radius 2 is 1.84 bits per heavy atom. The van der Waals surface area contributed by atoms with Crippen molar-refractivity contribution in [3.63, 3.8) is 0 Å². The molecule has 0 radical (unpaired) electrons. The maximum Gasteiger partial charge on any atom is 0.276 e. The summed E-state index contributed by atoms with van der Waals surface area (Å²) in [5.74, 6) is 2.71. The first-order valence-electron chi connectivity index (χ1n) is 7.96. The zero-order chi connectivity index (χ0) is 17.6. The molecular formula is C19H20N2O3S. The van der Waals surface area contributed by atoms with Crippen LogP contribution in [0.5, 0.6) is 11.5 Å². The molecule has 0 atom stereocenters. The Kier molecular flexibility index (Phi) is 5.60. The SMILES string of the molecule is COc1cc(C)ccc1OCCSc1nnc(-c2cccc(C)c2)o1. The van der Waals surface area contributed by atoms with Crippen LogP contribution in [-0.2, 0) is 0 Å². The highest BCUT2D eigenvalue weighted by molar-refractivity contribution is 7.99. The van der Waals surface area contributed by atoms with Crippen molar-refractivity contribution in [1.82, 2.24) is 10.2 Å². The molecule has 1 aromatic heterocycles. The number of ether oxygens (including phenoxy) is 2. The summed E-state index contributed by atoms with van der Waals surface area (Å²) in [5, 5.41) is 8.72. The zero-order valence-electron chi connectivity index (χ0n) is 14.5. The number of methoxy groups -OCH3 is 1. The summed E-state index contributed by atoms with van der Waals surface area (Å²) in [4.78, 5) is 0. The molecule has 6 heteroatoms. The number of aromatic nitrogens is 2. The van der Waals surface area contributed by atoms with Gasteiger partial charge < -0.3 is 13.9 Å². The van der Waals surface area contributed by atoms with Crippen molar-refractivity contribution in [2.24, 2.45) is 0 Å². The molecule has 0 unspecified atom stereocenters. The average Bonchev–Trinajstić information content (AvgIpc) is 3.08. The Balaban J connectivity index is 1.53. The van der Waals surface area contributed by atoms with Crippen LogP contribution in [0.3, 0.4) is 0 Å². The second-order valence-electron chi connectivity index (χ2n) is 5.59. The topological polar surface area (TPSA) is 57.4 Å². The van der Waals surface area contributed by atoms with Gasteiger partial charge in [0.1, 0.15) is 0 Å². The number of benzene rings is 2. The van der Waals surface area contributed by atoms with E-state index in [0.717, 1.165) is 28.2 Å². The van der Waals surface area contributed by atoms with Gasteiger partial charge in [0.05, 0.1) is 13.7 Å². The first-order valence-corrected chi connectivity index (χ1v) is 8.95. The van der Waals surface area contributed by atoms with Crippen LogP contribution in [0.15, 0.2) is 52.1 Å². The van der Waals surface area contributed by atoms with Crippen LogP contribution in [0, 0.1) is 13.8 Å². The first kappa shape index (κ1) is 17.4. The predicted octanol–water partition coefficient (Wildman–Crippen LogP) is 4.53. The van der Waals surface area contributed by atoms with Gasteiger partial charge in [-0.2, -0.15) is 0 Å². The smallest absolute Gasteiger partial charge is 0.276 e. The second-order valence-corrected chi connectivity index (χ2v) is 6.64. The van der Waals surface area contributed by atoms with E-state index in [4.69, 9.17) is 13.9 Å². The number of thioether (sulfide) groups is 1. The van der Waals surface area contributed by atoms with Gasteiger partial charge in [-0.3, -0.25) is 0 Å². The highest BCUT2D eigenvalue weighted by atomic mass is 32.2. The summed E-state index contributed by atoms with van der Waals surface area (Å²) >= 11 is 1.47. The molecule has 0 amide bonds. The molecule has 130 valence electrons. The molecule has 0 fully saturated rings. The largest absolute Gasteiger partial charge is 0.493 e. The summed E-state index contributed by atoms with van der Waals surface area (Å²) in [6.07, 6.45) is 0. The van der Waals surface area contributed by atoms with E-state index in [9.17, 15) is 0 Å². The lowest BCUT2D eigenvalue weighted by molar-refractivity contribution is 0.313. The van der Waals surface area contributed by atoms with Gasteiger partial charge in [-0.05, 0) is 43.7 Å². The highest BCUT2D eigenvalue weighted by Crippen LogP contribution is 2.28. The molecule has 1 heterocycles. The van der Waals surface area contributed by atoms with Crippen LogP contribution < -0.4 is 9.47 Å². The maximum atomic E-state index is 5.78. The molecule has 0 aliphatic carbocycles. The fraction of sp³-hybridized carbons (Fsp3) is 0.263. The van der Waals surface area contributed by atoms with E-state index in [2.05, 4.69) is 10.2 Å². The first-order chi connectivity index (χ1) is 12.2. The van der Waals surface area contributed by atoms with Crippen LogP contribution in [-0.4, -0.2) is 29.7 Å². The van der Waals surface area contributed by atoms with E-state index >= 15 is 0 Å². The monoisotopic (exact) mass is 356 g/mol. The average molecular weight is 356 g/mol. The Labute approximate surface area is 151 Å². The Morgan fingerprint density at radius 3 is 2.64 bits per heavy atom. The van der Waals surface area contributed by atoms with E-state index in [1.54, 1.807) is 7.11 Å². The number of nitrogens with zero attached hydrogens (tertiary/aromatic N) is 2. The molecule has 0 N–H and O–H groups in total. The van der Waals surface area contributed by atoms with Gasteiger partial charge in [0.2, 0.25) is 5.89 Å². The zero-order valence-corrected chi connectivity index (χ0v) is 15.3. The molecule has 2 aromatic carbocycles. The third kappa shape index (κ3) is 4.54. The van der Waals surface area contributed by atoms with Crippen molar-refractivity contribution >= 4 is 11.8 Å². The third-order valence-corrected chi connectivity index (χ3v) is 4.34. The fourth-order valence-electron chi connectivity index (χ4n) is 2.34. The Morgan fingerprint density at radius 1 is 1.00 bits per heavy atom. The molecule has 0 saturated carbocycles. The molecule has 0 bridgehead atoms. The van der Waals surface area contributed by atoms with Crippen LogP contribution in [0.1, 0.15) is 11.1 Å². The van der Waals surface area contributed by atoms with Crippen molar-refractivity contribution in [1.29, 1.82) is 0 Å². The van der Waals surface area contributed by atoms with E-state index in [-0.39, 0.29) is 0 Å². The van der Waals surface area contributed by atoms with Gasteiger partial charge in [-0.15, -0.1) is 10.2 Å². The summed E-state index contributed by atoms with van der Waals surface area (Å²) in [6, 6.07) is 13.9. The van der Waals surface area contributed by atoms with Gasteiger partial charge >= 0.3 is 0 Å². The van der Waals surface area contributed by atoms with Crippen molar-refractivity contribution < 1.29 is 13.9 Å². The van der Waals surface area contributed by atoms with Gasteiger partial charge in [0, 0.05) is 11.3 Å². The normalized spacial score (nSPS) is 10.7. The highest BCUT2D eigenvalue weighted by Gasteiger charge is 2.10. The van der Waals surface area contributed by atoms with Gasteiger partial charge in [-0.1, -0.05) is 35.5 Å². The molecule has 3 rings (SSSR count). The quantitative estimate of drug-likeness (QED) is 0.458. The fourth-order valence-corrected chi connectivity index (χ4v) is 2.92. The van der Waals surface area contributed by atoms with Crippen LogP contribution in [0.25, 0.3) is 11.5 Å². The molecular weight excluding hydrogens is 336 g/mol. The van der Waals surface area contributed by atoms with Crippen LogP contribution in [0.4, 0.5) is 0 Å². The minimum Gasteiger partial charge on any atom is -0.493 e. The lowest BCUT2D eigenvalue weighted by atomic mass is 10.1. The molecule has 0 aliphatic rings. The second kappa shape index (κ2) is 8.07. The molecule has 25 heavy (non-hydrogen) atoms. The standard InChI is InChI=1S/C19H20N2O3S/c1-13-5-4-6-15(11-13)18-20-21-19(24-18)25-10-9-23-16-8-7-14(2)12-17(16)22-3/h4-8,11-12H,9-10H2,1-3H3.